The Morgan fingerprint density at radius 3 is 2.94 bits per heavy atom. The molecule has 102 valence electrons. The van der Waals surface area contributed by atoms with Crippen molar-refractivity contribution in [2.45, 2.75) is 12.5 Å². The van der Waals surface area contributed by atoms with Gasteiger partial charge in [-0.25, -0.2) is 0 Å². The molecule has 0 saturated carbocycles. The quantitative estimate of drug-likeness (QED) is 0.919. The van der Waals surface area contributed by atoms with Crippen molar-refractivity contribution >= 4 is 48.2 Å². The van der Waals surface area contributed by atoms with Gasteiger partial charge in [-0.2, -0.15) is 11.8 Å². The molecule has 0 fully saturated rings. The molecule has 2 N–H and O–H groups in total. The summed E-state index contributed by atoms with van der Waals surface area (Å²) < 4.78 is 0. The van der Waals surface area contributed by atoms with E-state index in [0.717, 1.165) is 17.1 Å². The fourth-order valence-electron chi connectivity index (χ4n) is 1.86. The Morgan fingerprint density at radius 2 is 2.28 bits per heavy atom. The lowest BCUT2D eigenvalue weighted by Gasteiger charge is -2.31. The van der Waals surface area contributed by atoms with Crippen LogP contribution in [0.5, 0.6) is 0 Å². The summed E-state index contributed by atoms with van der Waals surface area (Å²) in [5.74, 6) is 0.918. The van der Waals surface area contributed by atoms with Crippen LogP contribution in [0.2, 0.25) is 0 Å². The Bertz CT molecular complexity index is 406. The molecule has 1 aliphatic rings. The van der Waals surface area contributed by atoms with Crippen molar-refractivity contribution in [1.82, 2.24) is 4.98 Å². The minimum absolute atomic E-state index is 0. The first-order chi connectivity index (χ1) is 7.74. The molecule has 0 spiro atoms. The first-order valence-corrected chi connectivity index (χ1v) is 6.63. The Hall–Kier alpha value is -0.490. The summed E-state index contributed by atoms with van der Waals surface area (Å²) in [6, 6.07) is 3.35. The summed E-state index contributed by atoms with van der Waals surface area (Å²) in [5, 5.41) is 0. The lowest BCUT2D eigenvalue weighted by atomic mass is 10.0. The summed E-state index contributed by atoms with van der Waals surface area (Å²) in [4.78, 5) is 18.0. The van der Waals surface area contributed by atoms with Gasteiger partial charge in [0, 0.05) is 24.9 Å². The van der Waals surface area contributed by atoms with Gasteiger partial charge < -0.3 is 10.6 Å². The number of halogens is 2. The van der Waals surface area contributed by atoms with Crippen LogP contribution in [0.1, 0.15) is 5.69 Å². The third kappa shape index (κ3) is 3.51. The predicted molar refractivity (Wildman–Crippen MR) is 81.1 cm³/mol. The number of carbonyl (C=O) groups excluding carboxylic acids is 1. The van der Waals surface area contributed by atoms with Gasteiger partial charge in [-0.1, -0.05) is 0 Å². The number of carbonyl (C=O) groups is 1. The maximum atomic E-state index is 12.0. The molecule has 0 radical (unpaired) electrons. The maximum Gasteiger partial charge on any atom is 0.244 e. The van der Waals surface area contributed by atoms with Crippen molar-refractivity contribution in [3.05, 3.63) is 24.0 Å². The average Bonchev–Trinajstić information content (AvgIpc) is 2.30. The van der Waals surface area contributed by atoms with Crippen molar-refractivity contribution in [1.29, 1.82) is 0 Å². The number of pyridine rings is 1. The van der Waals surface area contributed by atoms with Crippen LogP contribution in [0.25, 0.3) is 0 Å². The van der Waals surface area contributed by atoms with Crippen LogP contribution in [0.3, 0.4) is 0 Å². The van der Waals surface area contributed by atoms with Crippen molar-refractivity contribution in [2.24, 2.45) is 5.73 Å². The monoisotopic (exact) mass is 309 g/mol. The highest BCUT2D eigenvalue weighted by molar-refractivity contribution is 7.98. The number of aromatic nitrogens is 1. The highest BCUT2D eigenvalue weighted by Gasteiger charge is 2.30. The molecule has 1 aromatic rings. The number of fused-ring (bicyclic) bond motifs is 1. The normalized spacial score (nSPS) is 17.6. The number of hydrogen-bond acceptors (Lipinski definition) is 4. The van der Waals surface area contributed by atoms with Crippen molar-refractivity contribution in [3.63, 3.8) is 0 Å². The molecular weight excluding hydrogens is 293 g/mol. The lowest BCUT2D eigenvalue weighted by molar-refractivity contribution is -0.120. The van der Waals surface area contributed by atoms with E-state index in [1.165, 1.54) is 0 Å². The van der Waals surface area contributed by atoms with Gasteiger partial charge in [0.2, 0.25) is 5.91 Å². The molecule has 1 aliphatic heterocycles. The number of anilines is 1. The summed E-state index contributed by atoms with van der Waals surface area (Å²) in [6.45, 7) is 0.701. The molecule has 2 rings (SSSR count). The molecule has 4 nitrogen and oxygen atoms in total. The standard InChI is InChI=1S/C11H15N3OS.2ClH/c1-16-6-5-14-10-3-2-4-13-9(10)7-8(12)11(14)15;;/h2-4,8H,5-7,12H2,1H3;2*1H. The molecule has 0 aromatic carbocycles. The molecule has 1 atom stereocenters. The fraction of sp³-hybridized carbons (Fsp3) is 0.455. The molecular formula is C11H17Cl2N3OS. The van der Waals surface area contributed by atoms with Crippen LogP contribution in [0.4, 0.5) is 5.69 Å². The highest BCUT2D eigenvalue weighted by Crippen LogP contribution is 2.25. The molecule has 18 heavy (non-hydrogen) atoms. The number of hydrogen-bond donors (Lipinski definition) is 1. The van der Waals surface area contributed by atoms with Crippen LogP contribution < -0.4 is 10.6 Å². The van der Waals surface area contributed by atoms with Crippen molar-refractivity contribution in [3.8, 4) is 0 Å². The minimum atomic E-state index is -0.441. The van der Waals surface area contributed by atoms with Gasteiger partial charge in [-0.15, -0.1) is 24.8 Å². The van der Waals surface area contributed by atoms with E-state index in [0.29, 0.717) is 13.0 Å². The minimum Gasteiger partial charge on any atom is -0.320 e. The number of amides is 1. The van der Waals surface area contributed by atoms with E-state index in [4.69, 9.17) is 5.73 Å². The van der Waals surface area contributed by atoms with Crippen molar-refractivity contribution < 1.29 is 4.79 Å². The number of nitrogens with two attached hydrogens (primary N) is 1. The fourth-order valence-corrected chi connectivity index (χ4v) is 2.23. The first-order valence-electron chi connectivity index (χ1n) is 5.24. The van der Waals surface area contributed by atoms with Crippen LogP contribution in [0.15, 0.2) is 18.3 Å². The van der Waals surface area contributed by atoms with Gasteiger partial charge in [0.05, 0.1) is 17.4 Å². The largest absolute Gasteiger partial charge is 0.320 e. The second-order valence-corrected chi connectivity index (χ2v) is 4.75. The van der Waals surface area contributed by atoms with E-state index in [-0.39, 0.29) is 30.7 Å². The summed E-state index contributed by atoms with van der Waals surface area (Å²) >= 11 is 1.72. The van der Waals surface area contributed by atoms with Gasteiger partial charge >= 0.3 is 0 Å². The van der Waals surface area contributed by atoms with Crippen LogP contribution >= 0.6 is 36.6 Å². The highest BCUT2D eigenvalue weighted by atomic mass is 35.5. The molecule has 1 amide bonds. The Balaban J connectivity index is 0.00000144. The SMILES string of the molecule is CSCCN1C(=O)C(N)Cc2ncccc21.Cl.Cl. The second kappa shape index (κ2) is 7.84. The van der Waals surface area contributed by atoms with Crippen LogP contribution in [-0.4, -0.2) is 35.5 Å². The zero-order chi connectivity index (χ0) is 11.5. The Morgan fingerprint density at radius 1 is 1.56 bits per heavy atom. The van der Waals surface area contributed by atoms with Gasteiger partial charge in [-0.05, 0) is 18.4 Å². The summed E-state index contributed by atoms with van der Waals surface area (Å²) in [7, 11) is 0. The number of nitrogens with zero attached hydrogens (tertiary/aromatic N) is 2. The smallest absolute Gasteiger partial charge is 0.244 e. The van der Waals surface area contributed by atoms with Gasteiger partial charge in [0.15, 0.2) is 0 Å². The molecule has 0 aliphatic carbocycles. The molecule has 2 heterocycles. The molecule has 1 unspecified atom stereocenters. The van der Waals surface area contributed by atoms with Gasteiger partial charge in [-0.3, -0.25) is 9.78 Å². The molecule has 0 saturated heterocycles. The zero-order valence-electron chi connectivity index (χ0n) is 10.0. The van der Waals surface area contributed by atoms with E-state index in [2.05, 4.69) is 4.98 Å². The Labute approximate surface area is 124 Å². The van der Waals surface area contributed by atoms with Crippen LogP contribution in [0, 0.1) is 0 Å². The van der Waals surface area contributed by atoms with Crippen molar-refractivity contribution in [2.75, 3.05) is 23.5 Å². The number of thioether (sulfide) groups is 1. The average molecular weight is 310 g/mol. The summed E-state index contributed by atoms with van der Waals surface area (Å²) in [6.07, 6.45) is 4.32. The second-order valence-electron chi connectivity index (χ2n) is 3.76. The third-order valence-electron chi connectivity index (χ3n) is 2.67. The molecule has 7 heteroatoms. The van der Waals surface area contributed by atoms with Crippen LogP contribution in [-0.2, 0) is 11.2 Å². The Kier molecular flexibility index (Phi) is 7.62. The topological polar surface area (TPSA) is 59.2 Å². The molecule has 1 aromatic heterocycles. The van der Waals surface area contributed by atoms with E-state index in [9.17, 15) is 4.79 Å². The molecule has 0 bridgehead atoms. The number of rotatable bonds is 3. The van der Waals surface area contributed by atoms with E-state index in [1.807, 2.05) is 18.4 Å². The zero-order valence-corrected chi connectivity index (χ0v) is 12.5. The third-order valence-corrected chi connectivity index (χ3v) is 3.26. The predicted octanol–water partition coefficient (Wildman–Crippen LogP) is 1.50. The van der Waals surface area contributed by atoms with E-state index in [1.54, 1.807) is 22.9 Å². The lowest BCUT2D eigenvalue weighted by Crippen LogP contribution is -2.49. The van der Waals surface area contributed by atoms with Gasteiger partial charge in [0.1, 0.15) is 0 Å². The maximum absolute atomic E-state index is 12.0. The first kappa shape index (κ1) is 17.5. The van der Waals surface area contributed by atoms with E-state index < -0.39 is 6.04 Å². The summed E-state index contributed by atoms with van der Waals surface area (Å²) in [5.41, 5.74) is 7.66. The van der Waals surface area contributed by atoms with E-state index >= 15 is 0 Å². The van der Waals surface area contributed by atoms with Gasteiger partial charge in [0.25, 0.3) is 0 Å².